The monoisotopic (exact) mass is 437 g/mol. The molecule has 8 heteroatoms. The van der Waals surface area contributed by atoms with Crippen molar-refractivity contribution >= 4 is 11.7 Å². The molecule has 4 rings (SSSR count). The second-order valence-corrected chi connectivity index (χ2v) is 7.31. The molecule has 2 aromatic carbocycles. The van der Waals surface area contributed by atoms with Crippen molar-refractivity contribution in [1.29, 1.82) is 0 Å². The lowest BCUT2D eigenvalue weighted by Crippen LogP contribution is -2.44. The van der Waals surface area contributed by atoms with E-state index in [2.05, 4.69) is 9.88 Å². The Morgan fingerprint density at radius 3 is 2.22 bits per heavy atom. The van der Waals surface area contributed by atoms with Crippen LogP contribution >= 0.6 is 0 Å². The van der Waals surface area contributed by atoms with Crippen molar-refractivity contribution < 1.29 is 23.7 Å². The number of amides is 2. The average Bonchev–Trinajstić information content (AvgIpc) is 3.31. The predicted octanol–water partition coefficient (Wildman–Crippen LogP) is 4.16. The Kier molecular flexibility index (Phi) is 6.11. The first-order chi connectivity index (χ1) is 15.6. The van der Waals surface area contributed by atoms with E-state index in [-0.39, 0.29) is 12.1 Å². The van der Waals surface area contributed by atoms with Crippen molar-refractivity contribution in [3.05, 3.63) is 66.0 Å². The summed E-state index contributed by atoms with van der Waals surface area (Å²) in [7, 11) is 6.31. The third-order valence-corrected chi connectivity index (χ3v) is 5.65. The Morgan fingerprint density at radius 2 is 1.56 bits per heavy atom. The summed E-state index contributed by atoms with van der Waals surface area (Å²) in [6.07, 6.45) is 2.02. The van der Waals surface area contributed by atoms with Gasteiger partial charge in [-0.1, -0.05) is 12.1 Å². The van der Waals surface area contributed by atoms with Crippen molar-refractivity contribution in [1.82, 2.24) is 9.47 Å². The van der Waals surface area contributed by atoms with Gasteiger partial charge in [-0.15, -0.1) is 0 Å². The molecule has 3 aromatic rings. The number of carbonyl (C=O) groups excluding carboxylic acids is 1. The third-order valence-electron chi connectivity index (χ3n) is 5.65. The standard InChI is InChI=1S/C24H27N3O5/c1-29-19-10-6-5-8-17(19)25-24(28)27-13-12-26-11-7-9-18(26)22(27)16-14-20(30-2)23(32-4)21(15-16)31-3/h5-11,14-15,22H,12-13H2,1-4H3,(H,25,28). The fourth-order valence-electron chi connectivity index (χ4n) is 4.15. The van der Waals surface area contributed by atoms with Crippen LogP contribution in [0.15, 0.2) is 54.7 Å². The predicted molar refractivity (Wildman–Crippen MR) is 121 cm³/mol. The van der Waals surface area contributed by atoms with E-state index in [9.17, 15) is 4.79 Å². The molecule has 1 aliphatic rings. The Labute approximate surface area is 187 Å². The summed E-state index contributed by atoms with van der Waals surface area (Å²) in [6, 6.07) is 14.6. The molecule has 0 fully saturated rings. The van der Waals surface area contributed by atoms with Crippen LogP contribution in [-0.4, -0.2) is 50.5 Å². The molecule has 1 aliphatic heterocycles. The van der Waals surface area contributed by atoms with Gasteiger partial charge in [0, 0.05) is 25.0 Å². The summed E-state index contributed by atoms with van der Waals surface area (Å²) in [5, 5.41) is 3.00. The summed E-state index contributed by atoms with van der Waals surface area (Å²) in [6.45, 7) is 1.23. The second-order valence-electron chi connectivity index (χ2n) is 7.31. The summed E-state index contributed by atoms with van der Waals surface area (Å²) >= 11 is 0. The van der Waals surface area contributed by atoms with E-state index in [0.29, 0.717) is 41.8 Å². The molecule has 0 aliphatic carbocycles. The Balaban J connectivity index is 1.76. The molecule has 1 aromatic heterocycles. The van der Waals surface area contributed by atoms with E-state index < -0.39 is 0 Å². The number of carbonyl (C=O) groups is 1. The molecule has 1 atom stereocenters. The van der Waals surface area contributed by atoms with Gasteiger partial charge in [0.05, 0.1) is 40.2 Å². The fraction of sp³-hybridized carbons (Fsp3) is 0.292. The van der Waals surface area contributed by atoms with Crippen LogP contribution in [0, 0.1) is 0 Å². The molecule has 168 valence electrons. The summed E-state index contributed by atoms with van der Waals surface area (Å²) < 4.78 is 24.1. The maximum absolute atomic E-state index is 13.4. The number of ether oxygens (including phenoxy) is 4. The Morgan fingerprint density at radius 1 is 0.875 bits per heavy atom. The highest BCUT2D eigenvalue weighted by Crippen LogP contribution is 2.43. The van der Waals surface area contributed by atoms with E-state index >= 15 is 0 Å². The van der Waals surface area contributed by atoms with Gasteiger partial charge in [0.15, 0.2) is 11.5 Å². The molecule has 0 saturated heterocycles. The zero-order valence-corrected chi connectivity index (χ0v) is 18.6. The highest BCUT2D eigenvalue weighted by molar-refractivity contribution is 5.91. The van der Waals surface area contributed by atoms with E-state index in [1.165, 1.54) is 0 Å². The zero-order valence-electron chi connectivity index (χ0n) is 18.6. The largest absolute Gasteiger partial charge is 0.495 e. The minimum atomic E-state index is -0.345. The van der Waals surface area contributed by atoms with Crippen molar-refractivity contribution in [2.75, 3.05) is 40.3 Å². The molecule has 0 bridgehead atoms. The lowest BCUT2D eigenvalue weighted by molar-refractivity contribution is 0.181. The molecule has 32 heavy (non-hydrogen) atoms. The van der Waals surface area contributed by atoms with Crippen molar-refractivity contribution in [2.24, 2.45) is 0 Å². The zero-order chi connectivity index (χ0) is 22.7. The van der Waals surface area contributed by atoms with Crippen LogP contribution in [0.3, 0.4) is 0 Å². The molecular weight excluding hydrogens is 410 g/mol. The highest BCUT2D eigenvalue weighted by Gasteiger charge is 2.34. The number of hydrogen-bond donors (Lipinski definition) is 1. The summed E-state index contributed by atoms with van der Waals surface area (Å²) in [5.74, 6) is 2.19. The number of para-hydroxylation sites is 2. The van der Waals surface area contributed by atoms with Crippen LogP contribution in [0.4, 0.5) is 10.5 Å². The Bertz CT molecular complexity index is 1090. The van der Waals surface area contributed by atoms with Gasteiger partial charge in [-0.3, -0.25) is 0 Å². The number of nitrogens with zero attached hydrogens (tertiary/aromatic N) is 2. The average molecular weight is 437 g/mol. The quantitative estimate of drug-likeness (QED) is 0.627. The second kappa shape index (κ2) is 9.13. The number of nitrogens with one attached hydrogen (secondary N) is 1. The number of anilines is 1. The first kappa shape index (κ1) is 21.4. The molecular formula is C24H27N3O5. The van der Waals surface area contributed by atoms with E-state index in [1.807, 2.05) is 59.6 Å². The number of benzene rings is 2. The first-order valence-corrected chi connectivity index (χ1v) is 10.3. The molecule has 1 N–H and O–H groups in total. The van der Waals surface area contributed by atoms with Gasteiger partial charge in [-0.25, -0.2) is 4.79 Å². The lowest BCUT2D eigenvalue weighted by Gasteiger charge is -2.37. The number of rotatable bonds is 6. The van der Waals surface area contributed by atoms with Crippen LogP contribution in [0.2, 0.25) is 0 Å². The molecule has 0 saturated carbocycles. The molecule has 0 radical (unpaired) electrons. The van der Waals surface area contributed by atoms with E-state index in [1.54, 1.807) is 28.4 Å². The van der Waals surface area contributed by atoms with Gasteiger partial charge >= 0.3 is 6.03 Å². The van der Waals surface area contributed by atoms with Crippen LogP contribution < -0.4 is 24.3 Å². The topological polar surface area (TPSA) is 74.2 Å². The maximum Gasteiger partial charge on any atom is 0.322 e. The van der Waals surface area contributed by atoms with Crippen LogP contribution in [0.25, 0.3) is 0 Å². The van der Waals surface area contributed by atoms with Crippen LogP contribution in [-0.2, 0) is 6.54 Å². The molecule has 2 heterocycles. The van der Waals surface area contributed by atoms with Gasteiger partial charge in [0.2, 0.25) is 5.75 Å². The molecule has 8 nitrogen and oxygen atoms in total. The van der Waals surface area contributed by atoms with Crippen LogP contribution in [0.1, 0.15) is 17.3 Å². The maximum atomic E-state index is 13.4. The van der Waals surface area contributed by atoms with Gasteiger partial charge in [0.25, 0.3) is 0 Å². The lowest BCUT2D eigenvalue weighted by atomic mass is 9.99. The first-order valence-electron chi connectivity index (χ1n) is 10.3. The molecule has 2 amide bonds. The van der Waals surface area contributed by atoms with Gasteiger partial charge in [-0.05, 0) is 42.0 Å². The van der Waals surface area contributed by atoms with Crippen molar-refractivity contribution in [3.63, 3.8) is 0 Å². The van der Waals surface area contributed by atoms with Crippen molar-refractivity contribution in [3.8, 4) is 23.0 Å². The van der Waals surface area contributed by atoms with E-state index in [4.69, 9.17) is 18.9 Å². The van der Waals surface area contributed by atoms with Crippen molar-refractivity contribution in [2.45, 2.75) is 12.6 Å². The Hall–Kier alpha value is -3.81. The number of hydrogen-bond acceptors (Lipinski definition) is 5. The normalized spacial score (nSPS) is 15.0. The highest BCUT2D eigenvalue weighted by atomic mass is 16.5. The number of fused-ring (bicyclic) bond motifs is 1. The molecule has 0 spiro atoms. The summed E-state index contributed by atoms with van der Waals surface area (Å²) in [4.78, 5) is 15.3. The van der Waals surface area contributed by atoms with Gasteiger partial charge < -0.3 is 33.7 Å². The fourth-order valence-corrected chi connectivity index (χ4v) is 4.15. The number of methoxy groups -OCH3 is 4. The number of aromatic nitrogens is 1. The summed E-state index contributed by atoms with van der Waals surface area (Å²) in [5.41, 5.74) is 2.47. The van der Waals surface area contributed by atoms with Gasteiger partial charge in [-0.2, -0.15) is 0 Å². The van der Waals surface area contributed by atoms with E-state index in [0.717, 1.165) is 11.3 Å². The minimum absolute atomic E-state index is 0.222. The smallest absolute Gasteiger partial charge is 0.322 e. The molecule has 1 unspecified atom stereocenters. The van der Waals surface area contributed by atoms with Crippen LogP contribution in [0.5, 0.6) is 23.0 Å². The SMILES string of the molecule is COc1ccccc1NC(=O)N1CCn2cccc2C1c1cc(OC)c(OC)c(OC)c1. The van der Waals surface area contributed by atoms with Gasteiger partial charge in [0.1, 0.15) is 5.75 Å². The number of urea groups is 1. The minimum Gasteiger partial charge on any atom is -0.495 e. The third kappa shape index (κ3) is 3.79.